The van der Waals surface area contributed by atoms with Gasteiger partial charge in [0.05, 0.1) is 56.1 Å². The highest BCUT2D eigenvalue weighted by atomic mass is 16.5. The third kappa shape index (κ3) is 6.56. The largest absolute Gasteiger partial charge is 0.477 e. The number of carbonyl (C=O) groups is 1. The fourth-order valence-electron chi connectivity index (χ4n) is 5.31. The predicted octanol–water partition coefficient (Wildman–Crippen LogP) is 4.67. The molecule has 0 saturated carbocycles. The maximum atomic E-state index is 13.3. The van der Waals surface area contributed by atoms with Gasteiger partial charge in [-0.15, -0.1) is 0 Å². The number of fused-ring (bicyclic) bond motifs is 1. The second-order valence-corrected chi connectivity index (χ2v) is 10.8. The number of hydrogen-bond acceptors (Lipinski definition) is 10. The summed E-state index contributed by atoms with van der Waals surface area (Å²) in [5.74, 6) is 2.62. The van der Waals surface area contributed by atoms with Crippen LogP contribution >= 0.6 is 0 Å². The van der Waals surface area contributed by atoms with Gasteiger partial charge in [0.1, 0.15) is 5.82 Å². The van der Waals surface area contributed by atoms with Crippen LogP contribution in [0.5, 0.6) is 5.88 Å². The lowest BCUT2D eigenvalue weighted by atomic mass is 10.0. The van der Waals surface area contributed by atoms with Crippen molar-refractivity contribution >= 4 is 23.2 Å². The molecule has 3 aromatic heterocycles. The number of nitrogens with zero attached hydrogens (tertiary/aromatic N) is 7. The molecular formula is C32H36N8O3. The van der Waals surface area contributed by atoms with Crippen molar-refractivity contribution in [3.05, 3.63) is 78.0 Å². The Kier molecular flexibility index (Phi) is 8.69. The molecule has 2 aliphatic rings. The first-order valence-electron chi connectivity index (χ1n) is 14.8. The van der Waals surface area contributed by atoms with Gasteiger partial charge in [0.2, 0.25) is 5.88 Å². The molecule has 1 atom stereocenters. The number of nitrogens with one attached hydrogen (secondary N) is 1. The highest BCUT2D eigenvalue weighted by Crippen LogP contribution is 2.32. The molecule has 0 unspecified atom stereocenters. The molecule has 0 bridgehead atoms. The van der Waals surface area contributed by atoms with Gasteiger partial charge in [-0.2, -0.15) is 4.98 Å². The van der Waals surface area contributed by atoms with Crippen molar-refractivity contribution < 1.29 is 14.3 Å². The lowest BCUT2D eigenvalue weighted by Crippen LogP contribution is -2.45. The third-order valence-electron chi connectivity index (χ3n) is 7.65. The minimum atomic E-state index is -0.0430. The van der Waals surface area contributed by atoms with Crippen LogP contribution in [0.15, 0.2) is 61.2 Å². The molecule has 0 radical (unpaired) electrons. The fraction of sp³-hybridized carbons (Fsp3) is 0.375. The molecule has 5 heterocycles. The summed E-state index contributed by atoms with van der Waals surface area (Å²) in [5, 5.41) is 3.30. The number of carbonyl (C=O) groups excluding carboxylic acids is 1. The fourth-order valence-corrected chi connectivity index (χ4v) is 5.31. The van der Waals surface area contributed by atoms with Crippen LogP contribution in [-0.4, -0.2) is 74.7 Å². The minimum Gasteiger partial charge on any atom is -0.477 e. The number of pyridine rings is 1. The van der Waals surface area contributed by atoms with E-state index in [-0.39, 0.29) is 11.9 Å². The number of rotatable bonds is 9. The molecule has 0 spiro atoms. The first kappa shape index (κ1) is 28.5. The van der Waals surface area contributed by atoms with E-state index >= 15 is 0 Å². The highest BCUT2D eigenvalue weighted by Gasteiger charge is 2.30. The van der Waals surface area contributed by atoms with E-state index in [0.29, 0.717) is 62.4 Å². The summed E-state index contributed by atoms with van der Waals surface area (Å²) in [6.45, 7) is 7.96. The van der Waals surface area contributed by atoms with Crippen LogP contribution in [0.2, 0.25) is 0 Å². The smallest absolute Gasteiger partial charge is 0.255 e. The molecule has 1 N–H and O–H groups in total. The minimum absolute atomic E-state index is 0.0430. The van der Waals surface area contributed by atoms with E-state index in [1.54, 1.807) is 36.9 Å². The van der Waals surface area contributed by atoms with Gasteiger partial charge in [-0.25, -0.2) is 9.97 Å². The van der Waals surface area contributed by atoms with E-state index in [1.165, 1.54) is 0 Å². The molecule has 0 aliphatic carbocycles. The van der Waals surface area contributed by atoms with E-state index in [0.717, 1.165) is 47.7 Å². The number of unbranched alkanes of at least 4 members (excludes halogenated alkanes) is 1. The van der Waals surface area contributed by atoms with Crippen LogP contribution < -0.4 is 15.0 Å². The molecule has 2 aliphatic heterocycles. The molecule has 1 fully saturated rings. The van der Waals surface area contributed by atoms with Gasteiger partial charge in [-0.3, -0.25) is 14.8 Å². The standard InChI is InChI=1S/C32H36N8O3/c1-3-4-15-43-29-19-34-18-28(37-29)35-25-9-7-23(8-10-25)30-36-27-20-39(32(41)24-6-5-12-33-17-24)13-11-26(27)31(38-30)40-14-16-42-21-22(40)2/h5-10,12,17-19,22H,3-4,11,13-16,20-21H2,1-2H3,(H,35,37)/t22-/m0/s1. The molecule has 1 aromatic carbocycles. The average Bonchev–Trinajstić information content (AvgIpc) is 3.05. The lowest BCUT2D eigenvalue weighted by Gasteiger charge is -2.37. The number of aromatic nitrogens is 5. The highest BCUT2D eigenvalue weighted by molar-refractivity contribution is 5.94. The molecule has 4 aromatic rings. The van der Waals surface area contributed by atoms with Crippen molar-refractivity contribution in [2.75, 3.05) is 43.1 Å². The van der Waals surface area contributed by atoms with E-state index in [9.17, 15) is 4.79 Å². The SMILES string of the molecule is CCCCOc1cncc(Nc2ccc(-c3nc4c(c(N5CCOC[C@@H]5C)n3)CCN(C(=O)c3cccnc3)C4)cc2)n1. The number of anilines is 3. The number of hydrogen-bond donors (Lipinski definition) is 1. The normalized spacial score (nSPS) is 16.5. The quantitative estimate of drug-likeness (QED) is 0.280. The number of ether oxygens (including phenoxy) is 2. The second kappa shape index (κ2) is 13.1. The molecule has 11 heteroatoms. The average molecular weight is 581 g/mol. The van der Waals surface area contributed by atoms with Crippen LogP contribution in [0.25, 0.3) is 11.4 Å². The summed E-state index contributed by atoms with van der Waals surface area (Å²) in [5.41, 5.74) is 4.30. The Morgan fingerprint density at radius 2 is 1.95 bits per heavy atom. The van der Waals surface area contributed by atoms with Crippen molar-refractivity contribution in [3.63, 3.8) is 0 Å². The summed E-state index contributed by atoms with van der Waals surface area (Å²) < 4.78 is 11.4. The van der Waals surface area contributed by atoms with Gasteiger partial charge < -0.3 is 24.6 Å². The Balaban J connectivity index is 1.27. The maximum absolute atomic E-state index is 13.3. The van der Waals surface area contributed by atoms with Gasteiger partial charge >= 0.3 is 0 Å². The zero-order valence-electron chi connectivity index (χ0n) is 24.6. The Labute approximate surface area is 251 Å². The topological polar surface area (TPSA) is 118 Å². The van der Waals surface area contributed by atoms with Crippen LogP contribution in [-0.2, 0) is 17.7 Å². The molecule has 43 heavy (non-hydrogen) atoms. The van der Waals surface area contributed by atoms with Crippen LogP contribution in [0.3, 0.4) is 0 Å². The zero-order valence-corrected chi connectivity index (χ0v) is 24.6. The molecule has 222 valence electrons. The zero-order chi connectivity index (χ0) is 29.6. The Hall–Kier alpha value is -4.64. The van der Waals surface area contributed by atoms with Crippen molar-refractivity contribution in [2.45, 2.75) is 45.7 Å². The Morgan fingerprint density at radius 1 is 1.07 bits per heavy atom. The van der Waals surface area contributed by atoms with Gasteiger partial charge in [-0.1, -0.05) is 13.3 Å². The molecule has 11 nitrogen and oxygen atoms in total. The third-order valence-corrected chi connectivity index (χ3v) is 7.65. The van der Waals surface area contributed by atoms with E-state index in [1.807, 2.05) is 29.2 Å². The first-order chi connectivity index (χ1) is 21.1. The van der Waals surface area contributed by atoms with E-state index < -0.39 is 0 Å². The maximum Gasteiger partial charge on any atom is 0.255 e. The van der Waals surface area contributed by atoms with Crippen molar-refractivity contribution in [2.24, 2.45) is 0 Å². The van der Waals surface area contributed by atoms with Crippen molar-refractivity contribution in [1.29, 1.82) is 0 Å². The summed E-state index contributed by atoms with van der Waals surface area (Å²) in [4.78, 5) is 40.4. The van der Waals surface area contributed by atoms with E-state index in [2.05, 4.69) is 39.0 Å². The molecular weight excluding hydrogens is 544 g/mol. The second-order valence-electron chi connectivity index (χ2n) is 10.8. The van der Waals surface area contributed by atoms with Crippen molar-refractivity contribution in [1.82, 2.24) is 29.8 Å². The van der Waals surface area contributed by atoms with Gasteiger partial charge in [-0.05, 0) is 56.2 Å². The first-order valence-corrected chi connectivity index (χ1v) is 14.8. The van der Waals surface area contributed by atoms with Crippen LogP contribution in [0, 0.1) is 0 Å². The molecule has 1 amide bonds. The Bertz CT molecular complexity index is 1550. The monoisotopic (exact) mass is 580 g/mol. The van der Waals surface area contributed by atoms with E-state index in [4.69, 9.17) is 19.4 Å². The Morgan fingerprint density at radius 3 is 2.74 bits per heavy atom. The van der Waals surface area contributed by atoms with Gasteiger partial charge in [0, 0.05) is 42.3 Å². The van der Waals surface area contributed by atoms with Crippen molar-refractivity contribution in [3.8, 4) is 17.3 Å². The number of benzene rings is 1. The molecule has 6 rings (SSSR count). The summed E-state index contributed by atoms with van der Waals surface area (Å²) in [6.07, 6.45) is 9.28. The predicted molar refractivity (Wildman–Crippen MR) is 163 cm³/mol. The van der Waals surface area contributed by atoms with Gasteiger partial charge in [0.15, 0.2) is 11.6 Å². The number of morpholine rings is 1. The summed E-state index contributed by atoms with van der Waals surface area (Å²) >= 11 is 0. The number of amides is 1. The van der Waals surface area contributed by atoms with Gasteiger partial charge in [0.25, 0.3) is 5.91 Å². The summed E-state index contributed by atoms with van der Waals surface area (Å²) in [6, 6.07) is 11.7. The molecule has 1 saturated heterocycles. The summed E-state index contributed by atoms with van der Waals surface area (Å²) in [7, 11) is 0. The lowest BCUT2D eigenvalue weighted by molar-refractivity contribution is 0.0731. The van der Waals surface area contributed by atoms with Crippen LogP contribution in [0.1, 0.15) is 48.3 Å². The van der Waals surface area contributed by atoms with Crippen LogP contribution in [0.4, 0.5) is 17.3 Å².